The van der Waals surface area contributed by atoms with E-state index in [1.165, 1.54) is 13.5 Å². The molecule has 6 nitrogen and oxygen atoms in total. The molecule has 0 N–H and O–H groups in total. The summed E-state index contributed by atoms with van der Waals surface area (Å²) in [7, 11) is 1.40. The van der Waals surface area contributed by atoms with Crippen molar-refractivity contribution in [2.45, 2.75) is 56.6 Å². The van der Waals surface area contributed by atoms with Crippen LogP contribution in [0.1, 0.15) is 37.7 Å². The lowest BCUT2D eigenvalue weighted by molar-refractivity contribution is -0.198. The molecule has 0 radical (unpaired) electrons. The largest absolute Gasteiger partial charge is 0.467 e. The lowest BCUT2D eigenvalue weighted by atomic mass is 9.93. The summed E-state index contributed by atoms with van der Waals surface area (Å²) in [4.78, 5) is 18.2. The maximum atomic E-state index is 12.3. The zero-order valence-electron chi connectivity index (χ0n) is 15.3. The molecule has 2 heterocycles. The Bertz CT molecular complexity index is 616. The number of methoxy groups -OCH3 is 1. The van der Waals surface area contributed by atoms with E-state index in [-0.39, 0.29) is 18.0 Å². The van der Waals surface area contributed by atoms with Gasteiger partial charge < -0.3 is 14.2 Å². The molecule has 0 unspecified atom stereocenters. The van der Waals surface area contributed by atoms with Crippen LogP contribution in [0, 0.1) is 5.92 Å². The van der Waals surface area contributed by atoms with Crippen LogP contribution in [-0.4, -0.2) is 49.3 Å². The number of nitrogens with zero attached hydrogens (tertiary/aromatic N) is 1. The van der Waals surface area contributed by atoms with E-state index in [0.29, 0.717) is 19.7 Å². The molecule has 2 saturated heterocycles. The predicted octanol–water partition coefficient (Wildman–Crippen LogP) is 2.67. The molecular formula is C20H27NO5. The van der Waals surface area contributed by atoms with Crippen LogP contribution in [0.25, 0.3) is 0 Å². The summed E-state index contributed by atoms with van der Waals surface area (Å²) in [6.45, 7) is 1.77. The third-order valence-electron chi connectivity index (χ3n) is 5.67. The van der Waals surface area contributed by atoms with Gasteiger partial charge in [-0.25, -0.2) is 4.79 Å². The first kappa shape index (κ1) is 17.9. The first-order valence-corrected chi connectivity index (χ1v) is 9.54. The van der Waals surface area contributed by atoms with E-state index in [2.05, 4.69) is 12.1 Å². The van der Waals surface area contributed by atoms with Crippen LogP contribution >= 0.6 is 0 Å². The summed E-state index contributed by atoms with van der Waals surface area (Å²) in [5, 5.41) is 1.84. The predicted molar refractivity (Wildman–Crippen MR) is 93.9 cm³/mol. The molecule has 1 aromatic rings. The Morgan fingerprint density at radius 2 is 2.00 bits per heavy atom. The molecule has 1 spiro atoms. The standard InChI is InChI=1S/C20H27NO5/c1-23-19(22)18-16(13-21(26-18)12-15-8-4-2-5-9-15)17-14-24-20(25-17)10-6-3-7-11-20/h2,4-5,8-9,16-18H,3,6-7,10-14H2,1H3/t16-,17+,18+/m0/s1. The van der Waals surface area contributed by atoms with E-state index in [1.807, 2.05) is 23.3 Å². The number of carbonyl (C=O) groups is 1. The Labute approximate surface area is 154 Å². The van der Waals surface area contributed by atoms with Gasteiger partial charge in [0.2, 0.25) is 0 Å². The lowest BCUT2D eigenvalue weighted by Gasteiger charge is -2.32. The Morgan fingerprint density at radius 3 is 2.73 bits per heavy atom. The second-order valence-corrected chi connectivity index (χ2v) is 7.46. The summed E-state index contributed by atoms with van der Waals surface area (Å²) in [5.74, 6) is -0.887. The molecule has 26 heavy (non-hydrogen) atoms. The lowest BCUT2D eigenvalue weighted by Crippen LogP contribution is -2.40. The van der Waals surface area contributed by atoms with Crippen LogP contribution in [0.4, 0.5) is 0 Å². The Balaban J connectivity index is 1.45. The van der Waals surface area contributed by atoms with Crippen molar-refractivity contribution < 1.29 is 23.8 Å². The van der Waals surface area contributed by atoms with Crippen LogP contribution in [0.3, 0.4) is 0 Å². The Morgan fingerprint density at radius 1 is 1.23 bits per heavy atom. The second-order valence-electron chi connectivity index (χ2n) is 7.46. The number of hydrogen-bond donors (Lipinski definition) is 0. The maximum Gasteiger partial charge on any atom is 0.337 e. The molecule has 0 amide bonds. The van der Waals surface area contributed by atoms with Gasteiger partial charge in [0.05, 0.1) is 19.8 Å². The molecule has 1 aliphatic carbocycles. The van der Waals surface area contributed by atoms with Gasteiger partial charge in [-0.3, -0.25) is 4.84 Å². The molecule has 3 atom stereocenters. The van der Waals surface area contributed by atoms with E-state index in [9.17, 15) is 4.79 Å². The number of hydroxylamine groups is 2. The average molecular weight is 361 g/mol. The highest BCUT2D eigenvalue weighted by Crippen LogP contribution is 2.41. The van der Waals surface area contributed by atoms with Gasteiger partial charge in [0.1, 0.15) is 0 Å². The molecule has 3 aliphatic rings. The summed E-state index contributed by atoms with van der Waals surface area (Å²) in [6.07, 6.45) is 4.60. The minimum atomic E-state index is -0.643. The first-order chi connectivity index (χ1) is 12.7. The van der Waals surface area contributed by atoms with Crippen LogP contribution in [0.5, 0.6) is 0 Å². The fourth-order valence-corrected chi connectivity index (χ4v) is 4.29. The average Bonchev–Trinajstić information content (AvgIpc) is 3.27. The quantitative estimate of drug-likeness (QED) is 0.769. The number of carbonyl (C=O) groups excluding carboxylic acids is 1. The normalized spacial score (nSPS) is 31.3. The van der Waals surface area contributed by atoms with Gasteiger partial charge in [0.25, 0.3) is 0 Å². The summed E-state index contributed by atoms with van der Waals surface area (Å²) in [6, 6.07) is 10.1. The Hall–Kier alpha value is -1.47. The fraction of sp³-hybridized carbons (Fsp3) is 0.650. The van der Waals surface area contributed by atoms with Gasteiger partial charge in [0, 0.05) is 31.8 Å². The molecule has 1 saturated carbocycles. The van der Waals surface area contributed by atoms with Crippen molar-refractivity contribution in [3.8, 4) is 0 Å². The van der Waals surface area contributed by atoms with Crippen LogP contribution in [-0.2, 0) is 30.4 Å². The minimum absolute atomic E-state index is 0.0903. The molecule has 3 fully saturated rings. The van der Waals surface area contributed by atoms with Crippen molar-refractivity contribution in [1.82, 2.24) is 5.06 Å². The zero-order chi connectivity index (χ0) is 18.0. The Kier molecular flexibility index (Phi) is 5.27. The topological polar surface area (TPSA) is 57.2 Å². The zero-order valence-corrected chi connectivity index (χ0v) is 15.3. The molecule has 1 aromatic carbocycles. The summed E-state index contributed by atoms with van der Waals surface area (Å²) in [5.41, 5.74) is 1.14. The van der Waals surface area contributed by atoms with E-state index < -0.39 is 11.9 Å². The fourth-order valence-electron chi connectivity index (χ4n) is 4.29. The van der Waals surface area contributed by atoms with Gasteiger partial charge >= 0.3 is 5.97 Å². The van der Waals surface area contributed by atoms with Crippen molar-refractivity contribution in [2.75, 3.05) is 20.3 Å². The highest BCUT2D eigenvalue weighted by Gasteiger charge is 2.51. The minimum Gasteiger partial charge on any atom is -0.467 e. The molecule has 142 valence electrons. The maximum absolute atomic E-state index is 12.3. The van der Waals surface area contributed by atoms with Gasteiger partial charge in [-0.15, -0.1) is 0 Å². The van der Waals surface area contributed by atoms with E-state index in [1.54, 1.807) is 0 Å². The van der Waals surface area contributed by atoms with Crippen molar-refractivity contribution in [1.29, 1.82) is 0 Å². The monoisotopic (exact) mass is 361 g/mol. The van der Waals surface area contributed by atoms with Crippen molar-refractivity contribution in [2.24, 2.45) is 5.92 Å². The highest BCUT2D eigenvalue weighted by atomic mass is 16.8. The molecule has 0 aromatic heterocycles. The van der Waals surface area contributed by atoms with Crippen molar-refractivity contribution >= 4 is 5.97 Å². The number of benzene rings is 1. The number of hydrogen-bond acceptors (Lipinski definition) is 6. The SMILES string of the molecule is COC(=O)[C@@H]1ON(Cc2ccccc2)C[C@H]1[C@H]1COC2(CCCCC2)O1. The molecular weight excluding hydrogens is 334 g/mol. The van der Waals surface area contributed by atoms with Gasteiger partial charge in [-0.1, -0.05) is 36.8 Å². The number of esters is 1. The van der Waals surface area contributed by atoms with Crippen LogP contribution in [0.15, 0.2) is 30.3 Å². The van der Waals surface area contributed by atoms with Gasteiger partial charge in [-0.05, 0) is 18.4 Å². The smallest absolute Gasteiger partial charge is 0.337 e. The summed E-state index contributed by atoms with van der Waals surface area (Å²) < 4.78 is 17.4. The van der Waals surface area contributed by atoms with Crippen LogP contribution < -0.4 is 0 Å². The van der Waals surface area contributed by atoms with Gasteiger partial charge in [-0.2, -0.15) is 5.06 Å². The van der Waals surface area contributed by atoms with Crippen LogP contribution in [0.2, 0.25) is 0 Å². The number of rotatable bonds is 4. The third kappa shape index (κ3) is 3.64. The molecule has 2 aliphatic heterocycles. The highest BCUT2D eigenvalue weighted by molar-refractivity contribution is 5.75. The molecule has 0 bridgehead atoms. The van der Waals surface area contributed by atoms with Crippen molar-refractivity contribution in [3.63, 3.8) is 0 Å². The van der Waals surface area contributed by atoms with E-state index in [4.69, 9.17) is 19.0 Å². The second kappa shape index (κ2) is 7.64. The third-order valence-corrected chi connectivity index (χ3v) is 5.67. The molecule has 4 rings (SSSR count). The number of ether oxygens (including phenoxy) is 3. The van der Waals surface area contributed by atoms with E-state index >= 15 is 0 Å². The summed E-state index contributed by atoms with van der Waals surface area (Å²) >= 11 is 0. The van der Waals surface area contributed by atoms with Gasteiger partial charge in [0.15, 0.2) is 11.9 Å². The molecule has 6 heteroatoms. The first-order valence-electron chi connectivity index (χ1n) is 9.54. The van der Waals surface area contributed by atoms with E-state index in [0.717, 1.165) is 31.2 Å². The van der Waals surface area contributed by atoms with Crippen molar-refractivity contribution in [3.05, 3.63) is 35.9 Å².